The third kappa shape index (κ3) is 41.6. The van der Waals surface area contributed by atoms with E-state index in [4.69, 9.17) is 18.5 Å². The van der Waals surface area contributed by atoms with Gasteiger partial charge in [-0.3, -0.25) is 18.6 Å². The topological polar surface area (TPSA) is 108 Å². The molecule has 0 saturated carbocycles. The Hall–Kier alpha value is -1.99. The number of phosphoric acid groups is 1. The molecule has 0 radical (unpaired) electrons. The molecule has 0 aromatic carbocycles. The number of rotatable bonds is 42. The van der Waals surface area contributed by atoms with Gasteiger partial charge in [0.15, 0.2) is 6.10 Å². The second kappa shape index (κ2) is 42.6. The molecule has 8 nitrogen and oxygen atoms in total. The van der Waals surface area contributed by atoms with Crippen LogP contribution in [0.15, 0.2) is 48.6 Å². The van der Waals surface area contributed by atoms with Crippen LogP contribution in [0, 0.1) is 0 Å². The summed E-state index contributed by atoms with van der Waals surface area (Å²) in [5, 5.41) is 0. The van der Waals surface area contributed by atoms with Gasteiger partial charge in [-0.1, -0.05) is 172 Å². The predicted octanol–water partition coefficient (Wildman–Crippen LogP) is 14.6. The molecule has 9 heteroatoms. The lowest BCUT2D eigenvalue weighted by Gasteiger charge is -2.19. The largest absolute Gasteiger partial charge is 0.472 e. The molecule has 0 amide bonds. The Morgan fingerprint density at radius 1 is 0.482 bits per heavy atom. The van der Waals surface area contributed by atoms with Crippen molar-refractivity contribution in [2.45, 2.75) is 219 Å². The second-order valence-corrected chi connectivity index (χ2v) is 16.5. The normalized spacial score (nSPS) is 13.7. The summed E-state index contributed by atoms with van der Waals surface area (Å²) in [6.07, 6.45) is 50.3. The summed E-state index contributed by atoms with van der Waals surface area (Å²) >= 11 is 0. The molecule has 2 atom stereocenters. The minimum atomic E-state index is -4.28. The summed E-state index contributed by atoms with van der Waals surface area (Å²) < 4.78 is 32.7. The van der Waals surface area contributed by atoms with E-state index in [9.17, 15) is 19.0 Å². The monoisotopic (exact) mass is 809 g/mol. The summed E-state index contributed by atoms with van der Waals surface area (Å²) in [6.45, 7) is 5.39. The van der Waals surface area contributed by atoms with Crippen LogP contribution in [0.2, 0.25) is 0 Å². The van der Waals surface area contributed by atoms with Crippen LogP contribution in [0.3, 0.4) is 0 Å². The molecule has 0 spiro atoms. The van der Waals surface area contributed by atoms with E-state index in [1.54, 1.807) is 6.92 Å². The molecular formula is C47H85O8P. The van der Waals surface area contributed by atoms with E-state index >= 15 is 0 Å². The zero-order valence-corrected chi connectivity index (χ0v) is 37.2. The van der Waals surface area contributed by atoms with E-state index in [0.29, 0.717) is 6.42 Å². The molecular weight excluding hydrogens is 723 g/mol. The molecule has 2 unspecified atom stereocenters. The lowest BCUT2D eigenvalue weighted by Crippen LogP contribution is -2.29. The maximum Gasteiger partial charge on any atom is 0.472 e. The fourth-order valence-electron chi connectivity index (χ4n) is 6.23. The van der Waals surface area contributed by atoms with Crippen molar-refractivity contribution in [1.29, 1.82) is 0 Å². The summed E-state index contributed by atoms with van der Waals surface area (Å²) in [5.41, 5.74) is 0. The standard InChI is InChI=1S/C47H85O8P/c1-4-7-9-11-13-15-17-19-20-21-22-23-24-25-26-27-28-30-32-34-36-38-40-42-47(49)55-45(44-54-56(50,51)53-6-3)43-52-46(48)41-39-37-35-33-31-29-18-16-14-12-10-8-5-2/h10,12,16-19,21-22,45H,4-9,11,13-15,20,23-44H2,1-3H3,(H,50,51)/b12-10-,18-16-,19-17-,22-21-. The van der Waals surface area contributed by atoms with Crippen molar-refractivity contribution in [3.63, 3.8) is 0 Å². The van der Waals surface area contributed by atoms with E-state index in [0.717, 1.165) is 77.0 Å². The third-order valence-corrected chi connectivity index (χ3v) is 10.6. The van der Waals surface area contributed by atoms with Crippen LogP contribution in [0.1, 0.15) is 213 Å². The van der Waals surface area contributed by atoms with Gasteiger partial charge in [-0.15, -0.1) is 0 Å². The second-order valence-electron chi connectivity index (χ2n) is 15.1. The molecule has 0 aliphatic heterocycles. The molecule has 0 aromatic heterocycles. The van der Waals surface area contributed by atoms with Crippen LogP contribution in [0.4, 0.5) is 0 Å². The van der Waals surface area contributed by atoms with E-state index in [2.05, 4.69) is 62.5 Å². The quantitative estimate of drug-likeness (QED) is 0.0281. The fraction of sp³-hybridized carbons (Fsp3) is 0.787. The number of carbonyl (C=O) groups excluding carboxylic acids is 2. The molecule has 326 valence electrons. The van der Waals surface area contributed by atoms with Gasteiger partial charge in [0.25, 0.3) is 0 Å². The number of hydrogen-bond donors (Lipinski definition) is 1. The summed E-state index contributed by atoms with van der Waals surface area (Å²) in [5.74, 6) is -0.815. The van der Waals surface area contributed by atoms with Gasteiger partial charge in [0.1, 0.15) is 6.61 Å². The molecule has 0 heterocycles. The summed E-state index contributed by atoms with van der Waals surface area (Å²) in [7, 11) is -4.28. The summed E-state index contributed by atoms with van der Waals surface area (Å²) in [6, 6.07) is 0. The van der Waals surface area contributed by atoms with Crippen LogP contribution >= 0.6 is 7.82 Å². The van der Waals surface area contributed by atoms with E-state index in [1.165, 1.54) is 96.3 Å². The fourth-order valence-corrected chi connectivity index (χ4v) is 6.98. The Morgan fingerprint density at radius 2 is 0.893 bits per heavy atom. The van der Waals surface area contributed by atoms with Crippen molar-refractivity contribution in [2.24, 2.45) is 0 Å². The summed E-state index contributed by atoms with van der Waals surface area (Å²) in [4.78, 5) is 34.8. The number of phosphoric ester groups is 1. The Balaban J connectivity index is 4.01. The highest BCUT2D eigenvalue weighted by molar-refractivity contribution is 7.47. The molecule has 0 aromatic rings. The Morgan fingerprint density at radius 3 is 1.34 bits per heavy atom. The number of carbonyl (C=O) groups is 2. The van der Waals surface area contributed by atoms with E-state index < -0.39 is 26.5 Å². The van der Waals surface area contributed by atoms with E-state index in [1.807, 2.05) is 0 Å². The van der Waals surface area contributed by atoms with Crippen molar-refractivity contribution >= 4 is 19.8 Å². The number of allylic oxidation sites excluding steroid dienone is 8. The highest BCUT2D eigenvalue weighted by Crippen LogP contribution is 2.43. The maximum atomic E-state index is 12.6. The first-order chi connectivity index (χ1) is 27.3. The van der Waals surface area contributed by atoms with Crippen LogP contribution in [0.25, 0.3) is 0 Å². The van der Waals surface area contributed by atoms with Gasteiger partial charge in [0.2, 0.25) is 0 Å². The smallest absolute Gasteiger partial charge is 0.462 e. The third-order valence-electron chi connectivity index (χ3n) is 9.59. The van der Waals surface area contributed by atoms with Crippen molar-refractivity contribution in [3.05, 3.63) is 48.6 Å². The Kier molecular flexibility index (Phi) is 41.1. The lowest BCUT2D eigenvalue weighted by molar-refractivity contribution is -0.161. The number of unbranched alkanes of at least 4 members (excludes halogenated alkanes) is 22. The maximum absolute atomic E-state index is 12.6. The van der Waals surface area contributed by atoms with Gasteiger partial charge in [0.05, 0.1) is 13.2 Å². The zero-order chi connectivity index (χ0) is 41.1. The molecule has 0 bridgehead atoms. The van der Waals surface area contributed by atoms with Gasteiger partial charge in [-0.05, 0) is 77.6 Å². The van der Waals surface area contributed by atoms with Gasteiger partial charge in [0, 0.05) is 12.8 Å². The van der Waals surface area contributed by atoms with Crippen molar-refractivity contribution in [3.8, 4) is 0 Å². The average molecular weight is 809 g/mol. The molecule has 0 saturated heterocycles. The van der Waals surface area contributed by atoms with Gasteiger partial charge >= 0.3 is 19.8 Å². The molecule has 0 rings (SSSR count). The van der Waals surface area contributed by atoms with Crippen molar-refractivity contribution in [1.82, 2.24) is 0 Å². The number of esters is 2. The van der Waals surface area contributed by atoms with Crippen molar-refractivity contribution in [2.75, 3.05) is 19.8 Å². The molecule has 1 N–H and O–H groups in total. The minimum absolute atomic E-state index is 0.00334. The molecule has 0 aliphatic rings. The van der Waals surface area contributed by atoms with Gasteiger partial charge in [-0.2, -0.15) is 0 Å². The first-order valence-corrected chi connectivity index (χ1v) is 24.4. The first-order valence-electron chi connectivity index (χ1n) is 22.9. The molecule has 0 aliphatic carbocycles. The van der Waals surface area contributed by atoms with Crippen molar-refractivity contribution < 1.29 is 37.6 Å². The van der Waals surface area contributed by atoms with E-state index in [-0.39, 0.29) is 32.0 Å². The highest BCUT2D eigenvalue weighted by atomic mass is 31.2. The first kappa shape index (κ1) is 54.0. The van der Waals surface area contributed by atoms with Crippen LogP contribution in [0.5, 0.6) is 0 Å². The minimum Gasteiger partial charge on any atom is -0.462 e. The van der Waals surface area contributed by atoms with Gasteiger partial charge in [-0.25, -0.2) is 4.57 Å². The number of hydrogen-bond acceptors (Lipinski definition) is 7. The molecule has 56 heavy (non-hydrogen) atoms. The predicted molar refractivity (Wildman–Crippen MR) is 235 cm³/mol. The Labute approximate surface area is 344 Å². The number of ether oxygens (including phenoxy) is 2. The van der Waals surface area contributed by atoms with Gasteiger partial charge < -0.3 is 14.4 Å². The van der Waals surface area contributed by atoms with Crippen LogP contribution < -0.4 is 0 Å². The SMILES string of the molecule is CCC/C=C\C/C=C\CCCCCCCC(=O)OCC(COP(=O)(O)OCC)OC(=O)CCCCCCCCCCCCC/C=C\C/C=C\CCCCCCC. The Bertz CT molecular complexity index is 1050. The van der Waals surface area contributed by atoms with Crippen LogP contribution in [-0.4, -0.2) is 42.8 Å². The zero-order valence-electron chi connectivity index (χ0n) is 36.3. The molecule has 0 fully saturated rings. The highest BCUT2D eigenvalue weighted by Gasteiger charge is 2.25. The lowest BCUT2D eigenvalue weighted by atomic mass is 10.0. The average Bonchev–Trinajstić information content (AvgIpc) is 3.18. The van der Waals surface area contributed by atoms with Crippen LogP contribution in [-0.2, 0) is 32.7 Å².